The number of aliphatic hydroxyl groups excluding tert-OH is 2. The summed E-state index contributed by atoms with van der Waals surface area (Å²) in [5, 5.41) is 18.1. The lowest BCUT2D eigenvalue weighted by molar-refractivity contribution is 0.168. The van der Waals surface area contributed by atoms with Crippen LogP contribution in [0.15, 0.2) is 42.5 Å². The third kappa shape index (κ3) is 5.35. The van der Waals surface area contributed by atoms with Crippen LogP contribution in [0.2, 0.25) is 0 Å². The Kier molecular flexibility index (Phi) is 5.74. The molecule has 1 aromatic rings. The molecule has 0 fully saturated rings. The van der Waals surface area contributed by atoms with Crippen molar-refractivity contribution in [1.82, 2.24) is 0 Å². The maximum atomic E-state index is 9.60. The Balaban J connectivity index is 2.22. The van der Waals surface area contributed by atoms with Gasteiger partial charge in [-0.15, -0.1) is 0 Å². The minimum absolute atomic E-state index is 0.0470. The summed E-state index contributed by atoms with van der Waals surface area (Å²) in [6.45, 7) is 0.0470. The molecule has 0 aliphatic heterocycles. The van der Waals surface area contributed by atoms with Crippen molar-refractivity contribution < 1.29 is 10.2 Å². The highest BCUT2D eigenvalue weighted by Gasteiger charge is 2.01. The Bertz CT molecular complexity index is 280. The second-order valence-corrected chi connectivity index (χ2v) is 3.57. The molecule has 0 aliphatic carbocycles. The van der Waals surface area contributed by atoms with Gasteiger partial charge in [-0.1, -0.05) is 42.5 Å². The normalized spacial score (nSPS) is 13.2. The van der Waals surface area contributed by atoms with Crippen LogP contribution < -0.4 is 0 Å². The minimum Gasteiger partial charge on any atom is -0.393 e. The van der Waals surface area contributed by atoms with Gasteiger partial charge < -0.3 is 10.2 Å². The van der Waals surface area contributed by atoms with E-state index in [1.807, 2.05) is 24.3 Å². The number of aliphatic hydroxyl groups is 2. The highest BCUT2D eigenvalue weighted by molar-refractivity contribution is 5.14. The Morgan fingerprint density at radius 1 is 1.13 bits per heavy atom. The molecule has 0 saturated heterocycles. The molecule has 0 amide bonds. The van der Waals surface area contributed by atoms with E-state index in [9.17, 15) is 5.11 Å². The van der Waals surface area contributed by atoms with E-state index in [2.05, 4.69) is 12.1 Å². The molecule has 0 aromatic heterocycles. The van der Waals surface area contributed by atoms with Gasteiger partial charge in [-0.2, -0.15) is 0 Å². The number of aryl methyl sites for hydroxylation is 1. The van der Waals surface area contributed by atoms with Crippen LogP contribution in [0.5, 0.6) is 0 Å². The topological polar surface area (TPSA) is 40.5 Å². The number of hydrogen-bond donors (Lipinski definition) is 2. The Hall–Kier alpha value is -1.12. The maximum absolute atomic E-state index is 9.60. The maximum Gasteiger partial charge on any atom is 0.0612 e. The molecule has 0 bridgehead atoms. The average molecular weight is 206 g/mol. The quantitative estimate of drug-likeness (QED) is 0.698. The first-order chi connectivity index (χ1) is 7.33. The van der Waals surface area contributed by atoms with Crippen molar-refractivity contribution in [2.45, 2.75) is 25.4 Å². The molecule has 0 unspecified atom stereocenters. The van der Waals surface area contributed by atoms with Gasteiger partial charge in [0.2, 0.25) is 0 Å². The second kappa shape index (κ2) is 7.21. The Morgan fingerprint density at radius 2 is 1.87 bits per heavy atom. The first-order valence-corrected chi connectivity index (χ1v) is 5.30. The van der Waals surface area contributed by atoms with Crippen LogP contribution in [0.4, 0.5) is 0 Å². The molecule has 0 saturated carbocycles. The van der Waals surface area contributed by atoms with E-state index in [0.717, 1.165) is 12.8 Å². The summed E-state index contributed by atoms with van der Waals surface area (Å²) in [7, 11) is 0. The minimum atomic E-state index is -0.312. The lowest BCUT2D eigenvalue weighted by Crippen LogP contribution is -2.06. The zero-order chi connectivity index (χ0) is 10.9. The Morgan fingerprint density at radius 3 is 2.53 bits per heavy atom. The van der Waals surface area contributed by atoms with Gasteiger partial charge in [-0.25, -0.2) is 0 Å². The van der Waals surface area contributed by atoms with Crippen LogP contribution in [-0.4, -0.2) is 22.9 Å². The molecule has 0 spiro atoms. The van der Waals surface area contributed by atoms with Crippen LogP contribution in [0, 0.1) is 0 Å². The lowest BCUT2D eigenvalue weighted by Gasteiger charge is -2.07. The van der Waals surface area contributed by atoms with Gasteiger partial charge in [0.05, 0.1) is 12.7 Å². The van der Waals surface area contributed by atoms with Crippen molar-refractivity contribution in [2.75, 3.05) is 6.61 Å². The lowest BCUT2D eigenvalue weighted by atomic mass is 10.1. The van der Waals surface area contributed by atoms with Crippen molar-refractivity contribution >= 4 is 0 Å². The molecule has 2 nitrogen and oxygen atoms in total. The summed E-state index contributed by atoms with van der Waals surface area (Å²) >= 11 is 0. The molecule has 15 heavy (non-hydrogen) atoms. The molecular formula is C13H18O2. The fourth-order valence-electron chi connectivity index (χ4n) is 1.42. The van der Waals surface area contributed by atoms with Gasteiger partial charge in [0.15, 0.2) is 0 Å². The largest absolute Gasteiger partial charge is 0.393 e. The monoisotopic (exact) mass is 206 g/mol. The highest BCUT2D eigenvalue weighted by Crippen LogP contribution is 2.07. The van der Waals surface area contributed by atoms with E-state index in [4.69, 9.17) is 5.11 Å². The number of hydrogen-bond acceptors (Lipinski definition) is 2. The number of rotatable bonds is 6. The van der Waals surface area contributed by atoms with Gasteiger partial charge in [0, 0.05) is 0 Å². The predicted octanol–water partition coefficient (Wildman–Crippen LogP) is 1.92. The van der Waals surface area contributed by atoms with Crippen LogP contribution in [0.25, 0.3) is 0 Å². The Labute approximate surface area is 90.9 Å². The van der Waals surface area contributed by atoms with Gasteiger partial charge in [0.1, 0.15) is 0 Å². The molecule has 82 valence electrons. The standard InChI is InChI=1S/C13H18O2/c14-11-5-4-8-13(15)10-9-12-6-2-1-3-7-12/h1-7,13-15H,8-11H2/b5-4-/t13-/m0/s1. The average Bonchev–Trinajstić information content (AvgIpc) is 2.28. The fraction of sp³-hybridized carbons (Fsp3) is 0.385. The summed E-state index contributed by atoms with van der Waals surface area (Å²) in [5.74, 6) is 0. The van der Waals surface area contributed by atoms with Crippen LogP contribution >= 0.6 is 0 Å². The van der Waals surface area contributed by atoms with Crippen molar-refractivity contribution in [3.8, 4) is 0 Å². The third-order valence-electron chi connectivity index (χ3n) is 2.29. The molecule has 0 heterocycles. The molecule has 2 heteroatoms. The molecule has 2 N–H and O–H groups in total. The van der Waals surface area contributed by atoms with E-state index in [1.54, 1.807) is 6.08 Å². The SMILES string of the molecule is OC/C=C\C[C@H](O)CCc1ccccc1. The van der Waals surface area contributed by atoms with Gasteiger partial charge in [0.25, 0.3) is 0 Å². The first kappa shape index (κ1) is 12.0. The molecule has 0 radical (unpaired) electrons. The summed E-state index contributed by atoms with van der Waals surface area (Å²) in [5.41, 5.74) is 1.25. The third-order valence-corrected chi connectivity index (χ3v) is 2.29. The van der Waals surface area contributed by atoms with E-state index >= 15 is 0 Å². The second-order valence-electron chi connectivity index (χ2n) is 3.57. The predicted molar refractivity (Wildman–Crippen MR) is 61.6 cm³/mol. The molecule has 1 rings (SSSR count). The van der Waals surface area contributed by atoms with E-state index in [-0.39, 0.29) is 12.7 Å². The molecule has 1 aromatic carbocycles. The zero-order valence-corrected chi connectivity index (χ0v) is 8.84. The summed E-state index contributed by atoms with van der Waals surface area (Å²) in [6.07, 6.45) is 5.44. The molecule has 0 aliphatic rings. The first-order valence-electron chi connectivity index (χ1n) is 5.30. The van der Waals surface area contributed by atoms with Gasteiger partial charge >= 0.3 is 0 Å². The van der Waals surface area contributed by atoms with Crippen molar-refractivity contribution in [3.05, 3.63) is 48.0 Å². The van der Waals surface area contributed by atoms with Crippen molar-refractivity contribution in [1.29, 1.82) is 0 Å². The molecular weight excluding hydrogens is 188 g/mol. The van der Waals surface area contributed by atoms with E-state index in [0.29, 0.717) is 6.42 Å². The summed E-state index contributed by atoms with van der Waals surface area (Å²) in [4.78, 5) is 0. The summed E-state index contributed by atoms with van der Waals surface area (Å²) < 4.78 is 0. The van der Waals surface area contributed by atoms with Gasteiger partial charge in [-0.3, -0.25) is 0 Å². The fourth-order valence-corrected chi connectivity index (χ4v) is 1.42. The van der Waals surface area contributed by atoms with E-state index < -0.39 is 0 Å². The smallest absolute Gasteiger partial charge is 0.0612 e. The van der Waals surface area contributed by atoms with Crippen molar-refractivity contribution in [2.24, 2.45) is 0 Å². The van der Waals surface area contributed by atoms with Crippen LogP contribution in [0.1, 0.15) is 18.4 Å². The molecule has 1 atom stereocenters. The van der Waals surface area contributed by atoms with Crippen molar-refractivity contribution in [3.63, 3.8) is 0 Å². The zero-order valence-electron chi connectivity index (χ0n) is 8.84. The summed E-state index contributed by atoms with van der Waals surface area (Å²) in [6, 6.07) is 10.1. The van der Waals surface area contributed by atoms with E-state index in [1.165, 1.54) is 5.56 Å². The number of benzene rings is 1. The highest BCUT2D eigenvalue weighted by atomic mass is 16.3. The van der Waals surface area contributed by atoms with Crippen LogP contribution in [0.3, 0.4) is 0 Å². The van der Waals surface area contributed by atoms with Crippen LogP contribution in [-0.2, 0) is 6.42 Å². The van der Waals surface area contributed by atoms with Gasteiger partial charge in [-0.05, 0) is 24.8 Å².